The van der Waals surface area contributed by atoms with E-state index in [0.29, 0.717) is 39.5 Å². The van der Waals surface area contributed by atoms with E-state index >= 15 is 0 Å². The first-order valence-electron chi connectivity index (χ1n) is 10.8. The Bertz CT molecular complexity index is 1390. The highest BCUT2D eigenvalue weighted by atomic mass is 19.1. The van der Waals surface area contributed by atoms with E-state index in [9.17, 15) is 14.6 Å². The summed E-state index contributed by atoms with van der Waals surface area (Å²) >= 11 is 0. The Balaban J connectivity index is 1.67. The van der Waals surface area contributed by atoms with Crippen LogP contribution in [0.4, 0.5) is 21.6 Å². The van der Waals surface area contributed by atoms with Gasteiger partial charge in [0.2, 0.25) is 0 Å². The Labute approximate surface area is 198 Å². The molecule has 1 fully saturated rings. The number of rotatable bonds is 5. The molecule has 2 aromatic carbocycles. The number of hydrogen-bond acceptors (Lipinski definition) is 8. The number of aliphatic imine (C=N–C) groups is 1. The summed E-state index contributed by atoms with van der Waals surface area (Å²) < 4.78 is 20.6. The fraction of sp³-hybridized carbons (Fsp3) is 0.217. The van der Waals surface area contributed by atoms with Gasteiger partial charge in [0.05, 0.1) is 17.2 Å². The molecule has 4 atom stereocenters. The summed E-state index contributed by atoms with van der Waals surface area (Å²) in [5.74, 6) is -0.0123. The van der Waals surface area contributed by atoms with Crippen LogP contribution in [0, 0.1) is 5.82 Å². The minimum absolute atomic E-state index is 0.0632. The summed E-state index contributed by atoms with van der Waals surface area (Å²) in [4.78, 5) is 12.8. The zero-order valence-corrected chi connectivity index (χ0v) is 18.6. The van der Waals surface area contributed by atoms with Crippen molar-refractivity contribution in [1.29, 1.82) is 0 Å². The highest BCUT2D eigenvalue weighted by Crippen LogP contribution is 2.38. The van der Waals surface area contributed by atoms with Crippen molar-refractivity contribution < 1.29 is 19.3 Å². The van der Waals surface area contributed by atoms with Gasteiger partial charge in [-0.25, -0.2) is 24.0 Å². The predicted octanol–water partition coefficient (Wildman–Crippen LogP) is 1.92. The van der Waals surface area contributed by atoms with E-state index in [2.05, 4.69) is 20.3 Å². The molecule has 1 saturated heterocycles. The monoisotopic (exact) mass is 478 g/mol. The highest BCUT2D eigenvalue weighted by molar-refractivity contribution is 6.00. The number of nitrogens with zero attached hydrogens (tertiary/aromatic N) is 5. The van der Waals surface area contributed by atoms with Gasteiger partial charge in [0.1, 0.15) is 35.9 Å². The lowest BCUT2D eigenvalue weighted by atomic mass is 10.1. The Morgan fingerprint density at radius 1 is 1.06 bits per heavy atom. The fourth-order valence-corrected chi connectivity index (χ4v) is 3.99. The summed E-state index contributed by atoms with van der Waals surface area (Å²) in [5.41, 5.74) is 13.7. The van der Waals surface area contributed by atoms with Crippen molar-refractivity contribution in [3.63, 3.8) is 0 Å². The third-order valence-corrected chi connectivity index (χ3v) is 5.71. The average Bonchev–Trinajstić information content (AvgIpc) is 3.34. The van der Waals surface area contributed by atoms with Gasteiger partial charge in [-0.1, -0.05) is 12.1 Å². The van der Waals surface area contributed by atoms with Gasteiger partial charge in [0, 0.05) is 11.3 Å². The number of benzene rings is 2. The number of halogens is 1. The van der Waals surface area contributed by atoms with E-state index < -0.39 is 24.5 Å². The standard InChI is InChI=1S/C23H23FN8O3/c1-11-18(33)19(34)22(35-11)32-21-16(17(31-32)12-2-6-15(7-3-12)30-23(25)26)20(27-10-28-21)29-14-8-4-13(24)5-9-14/h2-11,18-19,22,33-34H,1H3,(H4,25,26,30)(H,27,28,29)/t11-,18-,19-,22-/m1/s1. The third kappa shape index (κ3) is 4.25. The molecule has 7 N–H and O–H groups in total. The molecule has 1 aliphatic rings. The first-order valence-corrected chi connectivity index (χ1v) is 10.8. The second kappa shape index (κ2) is 8.91. The fourth-order valence-electron chi connectivity index (χ4n) is 3.99. The van der Waals surface area contributed by atoms with Crippen LogP contribution in [0.1, 0.15) is 13.2 Å². The lowest BCUT2D eigenvalue weighted by Gasteiger charge is -2.15. The highest BCUT2D eigenvalue weighted by Gasteiger charge is 2.43. The minimum atomic E-state index is -1.21. The number of anilines is 2. The molecule has 0 bridgehead atoms. The zero-order chi connectivity index (χ0) is 24.7. The maximum Gasteiger partial charge on any atom is 0.191 e. The van der Waals surface area contributed by atoms with Gasteiger partial charge in [-0.15, -0.1) is 0 Å². The molecule has 0 saturated carbocycles. The van der Waals surface area contributed by atoms with E-state index in [0.717, 1.165) is 0 Å². The number of fused-ring (bicyclic) bond motifs is 1. The molecule has 1 aliphatic heterocycles. The van der Waals surface area contributed by atoms with Crippen LogP contribution >= 0.6 is 0 Å². The molecule has 0 amide bonds. The van der Waals surface area contributed by atoms with Crippen molar-refractivity contribution in [2.24, 2.45) is 16.5 Å². The van der Waals surface area contributed by atoms with Crippen LogP contribution in [0.2, 0.25) is 0 Å². The molecule has 12 heteroatoms. The molecule has 3 heterocycles. The second-order valence-corrected chi connectivity index (χ2v) is 8.14. The van der Waals surface area contributed by atoms with Crippen LogP contribution in [0.15, 0.2) is 59.9 Å². The van der Waals surface area contributed by atoms with Gasteiger partial charge in [-0.05, 0) is 43.3 Å². The molecule has 5 rings (SSSR count). The van der Waals surface area contributed by atoms with E-state index in [4.69, 9.17) is 21.3 Å². The minimum Gasteiger partial charge on any atom is -0.388 e. The second-order valence-electron chi connectivity index (χ2n) is 8.14. The molecule has 2 aromatic heterocycles. The Kier molecular flexibility index (Phi) is 5.76. The van der Waals surface area contributed by atoms with Gasteiger partial charge in [-0.2, -0.15) is 5.10 Å². The Hall–Kier alpha value is -4.13. The van der Waals surface area contributed by atoms with Crippen molar-refractivity contribution in [1.82, 2.24) is 19.7 Å². The van der Waals surface area contributed by atoms with Gasteiger partial charge < -0.3 is 31.7 Å². The van der Waals surface area contributed by atoms with E-state index in [-0.39, 0.29) is 11.8 Å². The normalized spacial score (nSPS) is 21.8. The van der Waals surface area contributed by atoms with Crippen molar-refractivity contribution in [2.45, 2.75) is 31.5 Å². The molecule has 11 nitrogen and oxygen atoms in total. The van der Waals surface area contributed by atoms with Crippen LogP contribution in [0.5, 0.6) is 0 Å². The number of nitrogens with one attached hydrogen (secondary N) is 1. The van der Waals surface area contributed by atoms with E-state index in [1.165, 1.54) is 23.1 Å². The van der Waals surface area contributed by atoms with E-state index in [1.54, 1.807) is 43.3 Å². The smallest absolute Gasteiger partial charge is 0.191 e. The number of hydrogen-bond donors (Lipinski definition) is 5. The zero-order valence-electron chi connectivity index (χ0n) is 18.6. The SMILES string of the molecule is C[C@H]1O[C@@H](n2nc(-c3ccc(N=C(N)N)cc3)c3c(Nc4ccc(F)cc4)ncnc32)[C@H](O)[C@@H]1O. The molecular weight excluding hydrogens is 455 g/mol. The van der Waals surface area contributed by atoms with Crippen LogP contribution in [-0.4, -0.2) is 54.2 Å². The van der Waals surface area contributed by atoms with Crippen LogP contribution in [-0.2, 0) is 4.74 Å². The van der Waals surface area contributed by atoms with E-state index in [1.807, 2.05) is 0 Å². The maximum absolute atomic E-state index is 13.4. The summed E-state index contributed by atoms with van der Waals surface area (Å²) in [7, 11) is 0. The lowest BCUT2D eigenvalue weighted by Crippen LogP contribution is -2.30. The predicted molar refractivity (Wildman–Crippen MR) is 128 cm³/mol. The maximum atomic E-state index is 13.4. The summed E-state index contributed by atoms with van der Waals surface area (Å²) in [5, 5.41) is 29.3. The van der Waals surface area contributed by atoms with Gasteiger partial charge in [-0.3, -0.25) is 0 Å². The number of guanidine groups is 1. The largest absolute Gasteiger partial charge is 0.388 e. The molecule has 0 unspecified atom stereocenters. The Morgan fingerprint density at radius 3 is 2.40 bits per heavy atom. The summed E-state index contributed by atoms with van der Waals surface area (Å²) in [6.07, 6.45) is -2.52. The number of ether oxygens (including phenoxy) is 1. The molecule has 0 radical (unpaired) electrons. The molecule has 180 valence electrons. The van der Waals surface area contributed by atoms with Gasteiger partial charge in [0.15, 0.2) is 17.8 Å². The quantitative estimate of drug-likeness (QED) is 0.212. The molecule has 4 aromatic rings. The third-order valence-electron chi connectivity index (χ3n) is 5.71. The first-order chi connectivity index (χ1) is 16.8. The summed E-state index contributed by atoms with van der Waals surface area (Å²) in [6, 6.07) is 12.8. The number of nitrogens with two attached hydrogens (primary N) is 2. The lowest BCUT2D eigenvalue weighted by molar-refractivity contribution is -0.0370. The molecule has 0 aliphatic carbocycles. The Morgan fingerprint density at radius 2 is 1.77 bits per heavy atom. The average molecular weight is 478 g/mol. The first kappa shape index (κ1) is 22.7. The van der Waals surface area contributed by atoms with Crippen LogP contribution < -0.4 is 16.8 Å². The number of aliphatic hydroxyl groups is 2. The molecule has 0 spiro atoms. The van der Waals surface area contributed by atoms with Crippen LogP contribution in [0.25, 0.3) is 22.3 Å². The van der Waals surface area contributed by atoms with Crippen molar-refractivity contribution in [3.8, 4) is 11.3 Å². The van der Waals surface area contributed by atoms with Gasteiger partial charge in [0.25, 0.3) is 0 Å². The summed E-state index contributed by atoms with van der Waals surface area (Å²) in [6.45, 7) is 1.67. The van der Waals surface area contributed by atoms with Crippen molar-refractivity contribution in [2.75, 3.05) is 5.32 Å². The van der Waals surface area contributed by atoms with Crippen LogP contribution in [0.3, 0.4) is 0 Å². The number of aliphatic hydroxyl groups excluding tert-OH is 2. The van der Waals surface area contributed by atoms with Crippen molar-refractivity contribution in [3.05, 3.63) is 60.7 Å². The topological polar surface area (TPSA) is 170 Å². The number of aromatic nitrogens is 4. The molecule has 35 heavy (non-hydrogen) atoms. The van der Waals surface area contributed by atoms with Gasteiger partial charge >= 0.3 is 0 Å². The molecular formula is C23H23FN8O3. The van der Waals surface area contributed by atoms with Crippen molar-refractivity contribution >= 4 is 34.2 Å².